The summed E-state index contributed by atoms with van der Waals surface area (Å²) >= 11 is 0. The van der Waals surface area contributed by atoms with Crippen molar-refractivity contribution in [2.45, 2.75) is 19.9 Å². The first-order valence-corrected chi connectivity index (χ1v) is 4.66. The minimum absolute atomic E-state index is 0.0518. The fourth-order valence-electron chi connectivity index (χ4n) is 1.17. The van der Waals surface area contributed by atoms with Crippen molar-refractivity contribution in [3.63, 3.8) is 0 Å². The summed E-state index contributed by atoms with van der Waals surface area (Å²) < 4.78 is 5.16. The minimum Gasteiger partial charge on any atom is -0.496 e. The number of amides is 1. The van der Waals surface area contributed by atoms with Gasteiger partial charge in [-0.1, -0.05) is 25.1 Å². The van der Waals surface area contributed by atoms with Crippen LogP contribution in [0.5, 0.6) is 5.75 Å². The van der Waals surface area contributed by atoms with Crippen LogP contribution in [0, 0.1) is 0 Å². The molecule has 0 aliphatic heterocycles. The molecule has 0 heterocycles. The van der Waals surface area contributed by atoms with Gasteiger partial charge in [0.1, 0.15) is 5.75 Å². The lowest BCUT2D eigenvalue weighted by Gasteiger charge is -2.08. The highest BCUT2D eigenvalue weighted by molar-refractivity contribution is 5.75. The largest absolute Gasteiger partial charge is 0.496 e. The number of carbonyl (C=O) groups is 1. The Morgan fingerprint density at radius 1 is 1.43 bits per heavy atom. The first-order chi connectivity index (χ1) is 6.77. The van der Waals surface area contributed by atoms with Crippen molar-refractivity contribution < 1.29 is 9.53 Å². The Balaban J connectivity index is 2.61. The second-order valence-electron chi connectivity index (χ2n) is 2.94. The van der Waals surface area contributed by atoms with Crippen molar-refractivity contribution in [1.29, 1.82) is 0 Å². The highest BCUT2D eigenvalue weighted by Crippen LogP contribution is 2.16. The van der Waals surface area contributed by atoms with Crippen LogP contribution in [-0.2, 0) is 11.3 Å². The summed E-state index contributed by atoms with van der Waals surface area (Å²) in [5.74, 6) is 0.861. The summed E-state index contributed by atoms with van der Waals surface area (Å²) in [5.41, 5.74) is 0.997. The van der Waals surface area contributed by atoms with Crippen molar-refractivity contribution >= 4 is 5.91 Å². The van der Waals surface area contributed by atoms with Crippen LogP contribution in [0.15, 0.2) is 24.3 Å². The van der Waals surface area contributed by atoms with E-state index in [9.17, 15) is 4.79 Å². The van der Waals surface area contributed by atoms with Crippen molar-refractivity contribution in [2.24, 2.45) is 0 Å². The lowest BCUT2D eigenvalue weighted by Crippen LogP contribution is -2.21. The van der Waals surface area contributed by atoms with Gasteiger partial charge in [-0.2, -0.15) is 0 Å². The molecule has 3 nitrogen and oxygen atoms in total. The zero-order valence-corrected chi connectivity index (χ0v) is 8.54. The maximum Gasteiger partial charge on any atom is 0.219 e. The number of hydrogen-bond donors (Lipinski definition) is 1. The van der Waals surface area contributed by atoms with Crippen LogP contribution in [0.4, 0.5) is 0 Å². The Kier molecular flexibility index (Phi) is 3.98. The SMILES string of the molecule is CCC(=O)NCc1ccccc1OC. The van der Waals surface area contributed by atoms with E-state index in [4.69, 9.17) is 4.74 Å². The molecule has 0 radical (unpaired) electrons. The third-order valence-corrected chi connectivity index (χ3v) is 1.99. The summed E-state index contributed by atoms with van der Waals surface area (Å²) in [7, 11) is 1.63. The molecule has 1 rings (SSSR count). The molecule has 3 heteroatoms. The van der Waals surface area contributed by atoms with E-state index in [1.807, 2.05) is 31.2 Å². The van der Waals surface area contributed by atoms with E-state index in [-0.39, 0.29) is 5.91 Å². The van der Waals surface area contributed by atoms with Crippen LogP contribution >= 0.6 is 0 Å². The zero-order chi connectivity index (χ0) is 10.4. The Labute approximate surface area is 84.1 Å². The van der Waals surface area contributed by atoms with Crippen molar-refractivity contribution in [3.8, 4) is 5.75 Å². The van der Waals surface area contributed by atoms with E-state index in [2.05, 4.69) is 5.32 Å². The maximum atomic E-state index is 11.0. The molecule has 0 fully saturated rings. The second kappa shape index (κ2) is 5.27. The maximum absolute atomic E-state index is 11.0. The predicted octanol–water partition coefficient (Wildman–Crippen LogP) is 1.72. The first-order valence-electron chi connectivity index (χ1n) is 4.66. The number of rotatable bonds is 4. The molecule has 1 N–H and O–H groups in total. The Morgan fingerprint density at radius 3 is 2.79 bits per heavy atom. The number of benzene rings is 1. The molecule has 1 aromatic rings. The fourth-order valence-corrected chi connectivity index (χ4v) is 1.17. The topological polar surface area (TPSA) is 38.3 Å². The van der Waals surface area contributed by atoms with Crippen LogP contribution < -0.4 is 10.1 Å². The van der Waals surface area contributed by atoms with Gasteiger partial charge in [0.25, 0.3) is 0 Å². The third kappa shape index (κ3) is 2.76. The fraction of sp³-hybridized carbons (Fsp3) is 0.364. The monoisotopic (exact) mass is 193 g/mol. The second-order valence-corrected chi connectivity index (χ2v) is 2.94. The minimum atomic E-state index is 0.0518. The number of hydrogen-bond acceptors (Lipinski definition) is 2. The average Bonchev–Trinajstić information content (AvgIpc) is 2.26. The normalized spacial score (nSPS) is 9.57. The lowest BCUT2D eigenvalue weighted by atomic mass is 10.2. The van der Waals surface area contributed by atoms with Gasteiger partial charge in [0.05, 0.1) is 7.11 Å². The van der Waals surface area contributed by atoms with Crippen LogP contribution in [0.25, 0.3) is 0 Å². The summed E-state index contributed by atoms with van der Waals surface area (Å²) in [6, 6.07) is 7.65. The smallest absolute Gasteiger partial charge is 0.219 e. The summed E-state index contributed by atoms with van der Waals surface area (Å²) in [6.45, 7) is 2.36. The van der Waals surface area contributed by atoms with Crippen molar-refractivity contribution in [1.82, 2.24) is 5.32 Å². The molecule has 0 saturated carbocycles. The van der Waals surface area contributed by atoms with E-state index in [0.29, 0.717) is 13.0 Å². The standard InChI is InChI=1S/C11H15NO2/c1-3-11(13)12-8-9-6-4-5-7-10(9)14-2/h4-7H,3,8H2,1-2H3,(H,12,13). The van der Waals surface area contributed by atoms with Crippen LogP contribution in [0.3, 0.4) is 0 Å². The van der Waals surface area contributed by atoms with Gasteiger partial charge in [-0.05, 0) is 6.07 Å². The predicted molar refractivity (Wildman–Crippen MR) is 55.1 cm³/mol. The van der Waals surface area contributed by atoms with Gasteiger partial charge < -0.3 is 10.1 Å². The Morgan fingerprint density at radius 2 is 2.14 bits per heavy atom. The quantitative estimate of drug-likeness (QED) is 0.790. The van der Waals surface area contributed by atoms with Crippen LogP contribution in [0.2, 0.25) is 0 Å². The zero-order valence-electron chi connectivity index (χ0n) is 8.54. The molecule has 1 aromatic carbocycles. The molecule has 0 aromatic heterocycles. The molecule has 14 heavy (non-hydrogen) atoms. The van der Waals surface area contributed by atoms with Gasteiger partial charge in [0.2, 0.25) is 5.91 Å². The molecular formula is C11H15NO2. The molecular weight excluding hydrogens is 178 g/mol. The molecule has 0 atom stereocenters. The molecule has 0 aliphatic carbocycles. The summed E-state index contributed by atoms with van der Waals surface area (Å²) in [6.07, 6.45) is 0.509. The number of nitrogens with one attached hydrogen (secondary N) is 1. The van der Waals surface area contributed by atoms with Crippen molar-refractivity contribution in [3.05, 3.63) is 29.8 Å². The Bertz CT molecular complexity index is 310. The number of carbonyl (C=O) groups excluding carboxylic acids is 1. The first kappa shape index (κ1) is 10.6. The molecule has 0 saturated heterocycles. The summed E-state index contributed by atoms with van der Waals surface area (Å²) in [4.78, 5) is 11.0. The number of methoxy groups -OCH3 is 1. The van der Waals surface area contributed by atoms with Gasteiger partial charge in [-0.3, -0.25) is 4.79 Å². The van der Waals surface area contributed by atoms with E-state index >= 15 is 0 Å². The van der Waals surface area contributed by atoms with E-state index in [0.717, 1.165) is 11.3 Å². The Hall–Kier alpha value is -1.51. The molecule has 1 amide bonds. The highest BCUT2D eigenvalue weighted by atomic mass is 16.5. The van der Waals surface area contributed by atoms with Gasteiger partial charge in [0, 0.05) is 18.5 Å². The number of para-hydroxylation sites is 1. The number of ether oxygens (including phenoxy) is 1. The van der Waals surface area contributed by atoms with Gasteiger partial charge in [-0.15, -0.1) is 0 Å². The van der Waals surface area contributed by atoms with E-state index in [1.165, 1.54) is 0 Å². The molecule has 76 valence electrons. The average molecular weight is 193 g/mol. The van der Waals surface area contributed by atoms with Gasteiger partial charge >= 0.3 is 0 Å². The van der Waals surface area contributed by atoms with Crippen LogP contribution in [-0.4, -0.2) is 13.0 Å². The van der Waals surface area contributed by atoms with E-state index < -0.39 is 0 Å². The van der Waals surface area contributed by atoms with Gasteiger partial charge in [0.15, 0.2) is 0 Å². The van der Waals surface area contributed by atoms with Gasteiger partial charge in [-0.25, -0.2) is 0 Å². The molecule has 0 aliphatic rings. The lowest BCUT2D eigenvalue weighted by molar-refractivity contribution is -0.120. The molecule has 0 bridgehead atoms. The van der Waals surface area contributed by atoms with E-state index in [1.54, 1.807) is 7.11 Å². The van der Waals surface area contributed by atoms with Crippen molar-refractivity contribution in [2.75, 3.05) is 7.11 Å². The molecule has 0 spiro atoms. The third-order valence-electron chi connectivity index (χ3n) is 1.99. The van der Waals surface area contributed by atoms with Crippen LogP contribution in [0.1, 0.15) is 18.9 Å². The summed E-state index contributed by atoms with van der Waals surface area (Å²) in [5, 5.41) is 2.80. The highest BCUT2D eigenvalue weighted by Gasteiger charge is 2.02. The molecule has 0 unspecified atom stereocenters.